The Kier molecular flexibility index (Phi) is 9.38. The number of carbonyl (C=O) groups excluding carboxylic acids is 4. The molecule has 0 aliphatic carbocycles. The number of amides is 5. The number of phenols is 1. The number of carboxylic acids is 1. The second-order valence-electron chi connectivity index (χ2n) is 9.93. The molecular formula is C30H31N5O7. The Bertz CT molecular complexity index is 1480. The van der Waals surface area contributed by atoms with Crippen molar-refractivity contribution >= 4 is 41.1 Å². The lowest BCUT2D eigenvalue weighted by atomic mass is 10.0. The Balaban J connectivity index is 1.57. The van der Waals surface area contributed by atoms with E-state index in [9.17, 15) is 29.1 Å². The molecule has 1 aliphatic rings. The third kappa shape index (κ3) is 7.84. The number of hydrogen-bond donors (Lipinski definition) is 6. The van der Waals surface area contributed by atoms with Crippen LogP contribution in [0.1, 0.15) is 34.8 Å². The number of anilines is 2. The molecule has 0 radical (unpaired) electrons. The summed E-state index contributed by atoms with van der Waals surface area (Å²) in [6, 6.07) is 17.6. The SMILES string of the molecule is CC(CC(=O)O)NC(=O)CN1C(=O)c2cc(NC(=O)NCc3ccccc3)ccc2NC(=O)[C@@H]1Cc1ccc(O)cc1. The van der Waals surface area contributed by atoms with Crippen LogP contribution in [0.2, 0.25) is 0 Å². The lowest BCUT2D eigenvalue weighted by Crippen LogP contribution is -2.51. The van der Waals surface area contributed by atoms with Crippen LogP contribution in [0.15, 0.2) is 72.8 Å². The first-order valence-corrected chi connectivity index (χ1v) is 13.2. The van der Waals surface area contributed by atoms with Crippen LogP contribution in [-0.2, 0) is 27.3 Å². The van der Waals surface area contributed by atoms with E-state index < -0.39 is 48.4 Å². The minimum Gasteiger partial charge on any atom is -0.508 e. The molecule has 0 aromatic heterocycles. The van der Waals surface area contributed by atoms with Crippen LogP contribution in [0.3, 0.4) is 0 Å². The summed E-state index contributed by atoms with van der Waals surface area (Å²) >= 11 is 0. The second-order valence-corrected chi connectivity index (χ2v) is 9.93. The number of aromatic hydroxyl groups is 1. The van der Waals surface area contributed by atoms with Crippen molar-refractivity contribution in [2.75, 3.05) is 17.2 Å². The number of carboxylic acid groups (broad SMARTS) is 1. The zero-order valence-corrected chi connectivity index (χ0v) is 22.8. The average Bonchev–Trinajstić information content (AvgIpc) is 3.03. The van der Waals surface area contributed by atoms with E-state index in [1.165, 1.54) is 31.2 Å². The number of fused-ring (bicyclic) bond motifs is 1. The molecule has 42 heavy (non-hydrogen) atoms. The van der Waals surface area contributed by atoms with Gasteiger partial charge in [-0.3, -0.25) is 19.2 Å². The standard InChI is InChI=1S/C30H31N5O7/c1-18(13-27(38)39)32-26(37)17-35-25(14-19-7-10-22(36)11-8-19)28(40)34-24-12-9-21(15-23(24)29(35)41)33-30(42)31-16-20-5-3-2-4-6-20/h2-12,15,18,25,36H,13-14,16-17H2,1H3,(H,32,37)(H,34,40)(H,38,39)(H2,31,33,42)/t18?,25-/m0/s1. The first kappa shape index (κ1) is 29.6. The average molecular weight is 574 g/mol. The zero-order valence-electron chi connectivity index (χ0n) is 22.8. The summed E-state index contributed by atoms with van der Waals surface area (Å²) in [6.45, 7) is 1.29. The van der Waals surface area contributed by atoms with Gasteiger partial charge < -0.3 is 36.4 Å². The molecule has 0 saturated carbocycles. The third-order valence-corrected chi connectivity index (χ3v) is 6.57. The topological polar surface area (TPSA) is 177 Å². The molecule has 0 fully saturated rings. The van der Waals surface area contributed by atoms with Gasteiger partial charge in [0.25, 0.3) is 5.91 Å². The molecule has 6 N–H and O–H groups in total. The van der Waals surface area contributed by atoms with Gasteiger partial charge in [-0.15, -0.1) is 0 Å². The minimum atomic E-state index is -1.11. The maximum Gasteiger partial charge on any atom is 0.319 e. The van der Waals surface area contributed by atoms with Crippen LogP contribution in [0.5, 0.6) is 5.75 Å². The number of benzene rings is 3. The van der Waals surface area contributed by atoms with Gasteiger partial charge in [-0.1, -0.05) is 42.5 Å². The first-order valence-electron chi connectivity index (χ1n) is 13.2. The fourth-order valence-corrected chi connectivity index (χ4v) is 4.54. The van der Waals surface area contributed by atoms with E-state index >= 15 is 0 Å². The first-order chi connectivity index (χ1) is 20.1. The van der Waals surface area contributed by atoms with Crippen LogP contribution in [0, 0.1) is 0 Å². The largest absolute Gasteiger partial charge is 0.508 e. The summed E-state index contributed by atoms with van der Waals surface area (Å²) in [5, 5.41) is 29.4. The Hall–Kier alpha value is -5.39. The molecule has 1 aliphatic heterocycles. The molecular weight excluding hydrogens is 542 g/mol. The third-order valence-electron chi connectivity index (χ3n) is 6.57. The normalized spacial score (nSPS) is 15.1. The zero-order chi connectivity index (χ0) is 30.2. The number of aliphatic carboxylic acids is 1. The fourth-order valence-electron chi connectivity index (χ4n) is 4.54. The molecule has 3 aromatic rings. The molecule has 5 amide bonds. The number of hydrogen-bond acceptors (Lipinski definition) is 6. The van der Waals surface area contributed by atoms with E-state index in [0.717, 1.165) is 10.5 Å². The van der Waals surface area contributed by atoms with E-state index in [2.05, 4.69) is 21.3 Å². The van der Waals surface area contributed by atoms with Gasteiger partial charge in [0.1, 0.15) is 18.3 Å². The number of nitrogens with zero attached hydrogens (tertiary/aromatic N) is 1. The molecule has 1 unspecified atom stereocenters. The van der Waals surface area contributed by atoms with Crippen molar-refractivity contribution in [2.45, 2.75) is 38.4 Å². The molecule has 218 valence electrons. The number of carbonyl (C=O) groups is 5. The van der Waals surface area contributed by atoms with Crippen LogP contribution in [0.4, 0.5) is 16.2 Å². The van der Waals surface area contributed by atoms with Crippen molar-refractivity contribution in [2.24, 2.45) is 0 Å². The van der Waals surface area contributed by atoms with Crippen molar-refractivity contribution < 1.29 is 34.2 Å². The van der Waals surface area contributed by atoms with E-state index in [0.29, 0.717) is 11.3 Å². The smallest absolute Gasteiger partial charge is 0.319 e. The van der Waals surface area contributed by atoms with E-state index in [1.807, 2.05) is 30.3 Å². The van der Waals surface area contributed by atoms with Gasteiger partial charge in [-0.05, 0) is 48.4 Å². The lowest BCUT2D eigenvalue weighted by Gasteiger charge is -2.29. The van der Waals surface area contributed by atoms with Gasteiger partial charge in [0.15, 0.2) is 0 Å². The molecule has 4 rings (SSSR count). The van der Waals surface area contributed by atoms with Gasteiger partial charge in [-0.25, -0.2) is 4.79 Å². The number of nitrogens with one attached hydrogen (secondary N) is 4. The van der Waals surface area contributed by atoms with Gasteiger partial charge in [0.05, 0.1) is 17.7 Å². The molecule has 3 aromatic carbocycles. The predicted molar refractivity (Wildman–Crippen MR) is 154 cm³/mol. The highest BCUT2D eigenvalue weighted by molar-refractivity contribution is 6.11. The molecule has 12 nitrogen and oxygen atoms in total. The molecule has 0 saturated heterocycles. The number of rotatable bonds is 10. The summed E-state index contributed by atoms with van der Waals surface area (Å²) in [6.07, 6.45) is -0.280. The quantitative estimate of drug-likeness (QED) is 0.216. The van der Waals surface area contributed by atoms with Crippen molar-refractivity contribution in [1.82, 2.24) is 15.5 Å². The van der Waals surface area contributed by atoms with E-state index in [1.54, 1.807) is 18.2 Å². The monoisotopic (exact) mass is 573 g/mol. The second kappa shape index (κ2) is 13.3. The molecule has 0 bridgehead atoms. The highest BCUT2D eigenvalue weighted by atomic mass is 16.4. The van der Waals surface area contributed by atoms with Crippen molar-refractivity contribution in [3.63, 3.8) is 0 Å². The van der Waals surface area contributed by atoms with Gasteiger partial charge >= 0.3 is 12.0 Å². The summed E-state index contributed by atoms with van der Waals surface area (Å²) in [7, 11) is 0. The summed E-state index contributed by atoms with van der Waals surface area (Å²) < 4.78 is 0. The van der Waals surface area contributed by atoms with Crippen LogP contribution < -0.4 is 21.3 Å². The van der Waals surface area contributed by atoms with Crippen molar-refractivity contribution in [1.29, 1.82) is 0 Å². The Morgan fingerprint density at radius 3 is 2.38 bits per heavy atom. The molecule has 2 atom stereocenters. The van der Waals surface area contributed by atoms with Gasteiger partial charge in [0.2, 0.25) is 11.8 Å². The van der Waals surface area contributed by atoms with Crippen LogP contribution in [0.25, 0.3) is 0 Å². The van der Waals surface area contributed by atoms with E-state index in [-0.39, 0.29) is 36.4 Å². The summed E-state index contributed by atoms with van der Waals surface area (Å²) in [5.41, 5.74) is 2.09. The summed E-state index contributed by atoms with van der Waals surface area (Å²) in [4.78, 5) is 64.8. The van der Waals surface area contributed by atoms with E-state index in [4.69, 9.17) is 5.11 Å². The summed E-state index contributed by atoms with van der Waals surface area (Å²) in [5.74, 6) is -2.88. The van der Waals surface area contributed by atoms with Gasteiger partial charge in [0, 0.05) is 24.7 Å². The lowest BCUT2D eigenvalue weighted by molar-refractivity contribution is -0.137. The number of urea groups is 1. The maximum atomic E-state index is 13.9. The Labute approximate surface area is 241 Å². The highest BCUT2D eigenvalue weighted by Crippen LogP contribution is 2.28. The predicted octanol–water partition coefficient (Wildman–Crippen LogP) is 2.70. The Morgan fingerprint density at radius 2 is 1.69 bits per heavy atom. The van der Waals surface area contributed by atoms with Crippen molar-refractivity contribution in [3.8, 4) is 5.75 Å². The maximum absolute atomic E-state index is 13.9. The Morgan fingerprint density at radius 1 is 0.976 bits per heavy atom. The highest BCUT2D eigenvalue weighted by Gasteiger charge is 2.37. The molecule has 0 spiro atoms. The van der Waals surface area contributed by atoms with Crippen LogP contribution in [-0.4, -0.2) is 63.5 Å². The molecule has 12 heteroatoms. The minimum absolute atomic E-state index is 0.0315. The van der Waals surface area contributed by atoms with Crippen molar-refractivity contribution in [3.05, 3.63) is 89.5 Å². The van der Waals surface area contributed by atoms with Crippen LogP contribution >= 0.6 is 0 Å². The number of phenolic OH excluding ortho intramolecular Hbond substituents is 1. The van der Waals surface area contributed by atoms with Gasteiger partial charge in [-0.2, -0.15) is 0 Å². The molecule has 1 heterocycles. The fraction of sp³-hybridized carbons (Fsp3) is 0.233.